The van der Waals surface area contributed by atoms with Crippen molar-refractivity contribution in [3.05, 3.63) is 54.6 Å². The van der Waals surface area contributed by atoms with E-state index in [1.165, 1.54) is 4.90 Å². The molecule has 3 nitrogen and oxygen atoms in total. The largest absolute Gasteiger partial charge is 0.313 e. The molecule has 100 valence electrons. The Kier molecular flexibility index (Phi) is 5.85. The third-order valence-corrected chi connectivity index (χ3v) is 3.75. The van der Waals surface area contributed by atoms with E-state index in [0.717, 1.165) is 24.4 Å². The first-order valence-electron chi connectivity index (χ1n) is 6.51. The summed E-state index contributed by atoms with van der Waals surface area (Å²) in [6.45, 7) is 3.18. The molecule has 1 heterocycles. The molecule has 4 heteroatoms. The fraction of sp³-hybridized carbons (Fsp3) is 0.333. The Labute approximate surface area is 118 Å². The minimum Gasteiger partial charge on any atom is -0.313 e. The molecule has 0 aliphatic carbocycles. The van der Waals surface area contributed by atoms with Crippen molar-refractivity contribution in [2.24, 2.45) is 0 Å². The van der Waals surface area contributed by atoms with Crippen LogP contribution < -0.4 is 5.32 Å². The van der Waals surface area contributed by atoms with Crippen LogP contribution in [0, 0.1) is 0 Å². The van der Waals surface area contributed by atoms with Crippen molar-refractivity contribution in [1.82, 2.24) is 15.3 Å². The van der Waals surface area contributed by atoms with Gasteiger partial charge in [-0.2, -0.15) is 0 Å². The van der Waals surface area contributed by atoms with E-state index >= 15 is 0 Å². The van der Waals surface area contributed by atoms with Crippen LogP contribution in [-0.4, -0.2) is 28.3 Å². The number of hydrogen-bond acceptors (Lipinski definition) is 4. The molecule has 0 aliphatic heterocycles. The van der Waals surface area contributed by atoms with E-state index in [0.29, 0.717) is 6.04 Å². The Hall–Kier alpha value is -1.39. The van der Waals surface area contributed by atoms with Gasteiger partial charge in [-0.25, -0.2) is 0 Å². The second kappa shape index (κ2) is 7.92. The van der Waals surface area contributed by atoms with Gasteiger partial charge in [-0.3, -0.25) is 9.97 Å². The predicted molar refractivity (Wildman–Crippen MR) is 80.4 cm³/mol. The zero-order valence-corrected chi connectivity index (χ0v) is 11.9. The molecule has 2 rings (SSSR count). The summed E-state index contributed by atoms with van der Waals surface area (Å²) in [5.41, 5.74) is 1.04. The maximum absolute atomic E-state index is 4.29. The molecule has 0 spiro atoms. The SMILES string of the molecule is CC(Cc1cnccn1)NCCSc1ccccc1. The van der Waals surface area contributed by atoms with Crippen LogP contribution in [0.4, 0.5) is 0 Å². The van der Waals surface area contributed by atoms with Crippen molar-refractivity contribution in [2.45, 2.75) is 24.3 Å². The molecule has 1 N–H and O–H groups in total. The molecule has 2 aromatic rings. The minimum absolute atomic E-state index is 0.424. The second-order valence-electron chi connectivity index (χ2n) is 4.42. The van der Waals surface area contributed by atoms with Gasteiger partial charge >= 0.3 is 0 Å². The highest BCUT2D eigenvalue weighted by molar-refractivity contribution is 7.99. The summed E-state index contributed by atoms with van der Waals surface area (Å²) < 4.78 is 0. The molecule has 0 radical (unpaired) electrons. The molecule has 0 bridgehead atoms. The van der Waals surface area contributed by atoms with Crippen LogP contribution in [0.2, 0.25) is 0 Å². The van der Waals surface area contributed by atoms with Crippen LogP contribution in [0.25, 0.3) is 0 Å². The molecule has 0 fully saturated rings. The van der Waals surface area contributed by atoms with Crippen LogP contribution >= 0.6 is 11.8 Å². The summed E-state index contributed by atoms with van der Waals surface area (Å²) >= 11 is 1.88. The fourth-order valence-corrected chi connectivity index (χ4v) is 2.62. The van der Waals surface area contributed by atoms with Gasteiger partial charge in [0, 0.05) is 48.2 Å². The van der Waals surface area contributed by atoms with Crippen LogP contribution in [0.5, 0.6) is 0 Å². The van der Waals surface area contributed by atoms with Gasteiger partial charge in [0.25, 0.3) is 0 Å². The van der Waals surface area contributed by atoms with E-state index in [2.05, 4.69) is 46.5 Å². The van der Waals surface area contributed by atoms with Gasteiger partial charge in [-0.15, -0.1) is 11.8 Å². The summed E-state index contributed by atoms with van der Waals surface area (Å²) in [7, 11) is 0. The number of aromatic nitrogens is 2. The van der Waals surface area contributed by atoms with Gasteiger partial charge in [0.2, 0.25) is 0 Å². The molecular weight excluding hydrogens is 254 g/mol. The lowest BCUT2D eigenvalue weighted by molar-refractivity contribution is 0.561. The summed E-state index contributed by atoms with van der Waals surface area (Å²) in [4.78, 5) is 9.69. The Balaban J connectivity index is 1.63. The van der Waals surface area contributed by atoms with E-state index < -0.39 is 0 Å². The third-order valence-electron chi connectivity index (χ3n) is 2.74. The Bertz CT molecular complexity index is 461. The average Bonchev–Trinajstić information content (AvgIpc) is 2.46. The number of nitrogens with zero attached hydrogens (tertiary/aromatic N) is 2. The molecule has 1 aromatic carbocycles. The maximum Gasteiger partial charge on any atom is 0.0602 e. The lowest BCUT2D eigenvalue weighted by atomic mass is 10.2. The van der Waals surface area contributed by atoms with Gasteiger partial charge in [-0.1, -0.05) is 18.2 Å². The molecule has 0 saturated heterocycles. The van der Waals surface area contributed by atoms with Crippen molar-refractivity contribution in [3.63, 3.8) is 0 Å². The fourth-order valence-electron chi connectivity index (χ4n) is 1.81. The normalized spacial score (nSPS) is 12.3. The molecule has 19 heavy (non-hydrogen) atoms. The molecular formula is C15H19N3S. The first-order valence-corrected chi connectivity index (χ1v) is 7.49. The van der Waals surface area contributed by atoms with Crippen molar-refractivity contribution >= 4 is 11.8 Å². The Morgan fingerprint density at radius 2 is 2.05 bits per heavy atom. The predicted octanol–water partition coefficient (Wildman–Crippen LogP) is 2.79. The lowest BCUT2D eigenvalue weighted by Gasteiger charge is -2.12. The van der Waals surface area contributed by atoms with Crippen molar-refractivity contribution < 1.29 is 0 Å². The highest BCUT2D eigenvalue weighted by Crippen LogP contribution is 2.15. The third kappa shape index (κ3) is 5.41. The number of benzene rings is 1. The molecule has 1 aromatic heterocycles. The van der Waals surface area contributed by atoms with Gasteiger partial charge in [0.05, 0.1) is 5.69 Å². The number of hydrogen-bond donors (Lipinski definition) is 1. The highest BCUT2D eigenvalue weighted by Gasteiger charge is 2.03. The number of thioether (sulfide) groups is 1. The van der Waals surface area contributed by atoms with E-state index in [1.54, 1.807) is 12.4 Å². The van der Waals surface area contributed by atoms with Gasteiger partial charge in [0.1, 0.15) is 0 Å². The minimum atomic E-state index is 0.424. The average molecular weight is 273 g/mol. The molecule has 1 unspecified atom stereocenters. The number of nitrogens with one attached hydrogen (secondary N) is 1. The van der Waals surface area contributed by atoms with Crippen molar-refractivity contribution in [1.29, 1.82) is 0 Å². The summed E-state index contributed by atoms with van der Waals surface area (Å²) in [5, 5.41) is 3.51. The van der Waals surface area contributed by atoms with Crippen LogP contribution in [-0.2, 0) is 6.42 Å². The van der Waals surface area contributed by atoms with Crippen molar-refractivity contribution in [3.8, 4) is 0 Å². The molecule has 0 saturated carbocycles. The van der Waals surface area contributed by atoms with Gasteiger partial charge < -0.3 is 5.32 Å². The first kappa shape index (κ1) is 14.0. The van der Waals surface area contributed by atoms with E-state index in [-0.39, 0.29) is 0 Å². The maximum atomic E-state index is 4.29. The van der Waals surface area contributed by atoms with Crippen molar-refractivity contribution in [2.75, 3.05) is 12.3 Å². The molecule has 0 amide bonds. The van der Waals surface area contributed by atoms with Gasteiger partial charge in [0.15, 0.2) is 0 Å². The quantitative estimate of drug-likeness (QED) is 0.622. The zero-order valence-electron chi connectivity index (χ0n) is 11.1. The second-order valence-corrected chi connectivity index (χ2v) is 5.59. The molecule has 1 atom stereocenters. The van der Waals surface area contributed by atoms with Gasteiger partial charge in [-0.05, 0) is 19.1 Å². The zero-order chi connectivity index (χ0) is 13.3. The van der Waals surface area contributed by atoms with E-state index in [4.69, 9.17) is 0 Å². The van der Waals surface area contributed by atoms with E-state index in [9.17, 15) is 0 Å². The first-order chi connectivity index (χ1) is 9.34. The Morgan fingerprint density at radius 3 is 2.79 bits per heavy atom. The van der Waals surface area contributed by atoms with Crippen LogP contribution in [0.3, 0.4) is 0 Å². The standard InChI is InChI=1S/C15H19N3S/c1-13(11-14-12-16-7-8-18-14)17-9-10-19-15-5-3-2-4-6-15/h2-8,12-13,17H,9-11H2,1H3. The highest BCUT2D eigenvalue weighted by atomic mass is 32.2. The summed E-state index contributed by atoms with van der Waals surface area (Å²) in [5.74, 6) is 1.08. The smallest absolute Gasteiger partial charge is 0.0602 e. The summed E-state index contributed by atoms with van der Waals surface area (Å²) in [6, 6.07) is 10.9. The topological polar surface area (TPSA) is 37.8 Å². The number of rotatable bonds is 7. The van der Waals surface area contributed by atoms with Crippen LogP contribution in [0.15, 0.2) is 53.8 Å². The Morgan fingerprint density at radius 1 is 1.21 bits per heavy atom. The summed E-state index contributed by atoms with van der Waals surface area (Å²) in [6.07, 6.45) is 6.20. The van der Waals surface area contributed by atoms with E-state index in [1.807, 2.05) is 24.0 Å². The lowest BCUT2D eigenvalue weighted by Crippen LogP contribution is -2.30. The molecule has 0 aliphatic rings. The van der Waals surface area contributed by atoms with Crippen LogP contribution in [0.1, 0.15) is 12.6 Å². The monoisotopic (exact) mass is 273 g/mol.